The molecule has 0 bridgehead atoms. The van der Waals surface area contributed by atoms with E-state index >= 15 is 0 Å². The molecule has 1 aromatic heterocycles. The van der Waals surface area contributed by atoms with Crippen LogP contribution in [0.3, 0.4) is 0 Å². The fourth-order valence-corrected chi connectivity index (χ4v) is 2.20. The minimum Gasteiger partial charge on any atom is -0.488 e. The maximum Gasteiger partial charge on any atom is 0.127 e. The molecule has 0 aliphatic carbocycles. The van der Waals surface area contributed by atoms with Crippen molar-refractivity contribution in [2.24, 2.45) is 5.73 Å². The highest BCUT2D eigenvalue weighted by Gasteiger charge is 2.09. The Labute approximate surface area is 104 Å². The summed E-state index contributed by atoms with van der Waals surface area (Å²) in [4.78, 5) is 0. The van der Waals surface area contributed by atoms with Gasteiger partial charge in [0, 0.05) is 17.7 Å². The zero-order chi connectivity index (χ0) is 12.3. The molecule has 0 spiro atoms. The third-order valence-corrected chi connectivity index (χ3v) is 3.17. The number of hydrogen-bond acceptors (Lipinski definition) is 3. The molecular formula is C13H14FNOS. The molecule has 2 nitrogen and oxygen atoms in total. The van der Waals surface area contributed by atoms with E-state index in [9.17, 15) is 4.39 Å². The maximum atomic E-state index is 13.2. The van der Waals surface area contributed by atoms with Gasteiger partial charge in [0.15, 0.2) is 0 Å². The van der Waals surface area contributed by atoms with Crippen molar-refractivity contribution in [1.82, 2.24) is 0 Å². The Morgan fingerprint density at radius 2 is 2.24 bits per heavy atom. The van der Waals surface area contributed by atoms with Gasteiger partial charge in [0.2, 0.25) is 0 Å². The summed E-state index contributed by atoms with van der Waals surface area (Å²) in [5.74, 6) is 0.209. The fraction of sp³-hybridized carbons (Fsp3) is 0.231. The number of ether oxygens (including phenoxy) is 1. The van der Waals surface area contributed by atoms with Gasteiger partial charge in [-0.25, -0.2) is 4.39 Å². The predicted octanol–water partition coefficient (Wildman–Crippen LogP) is 3.49. The van der Waals surface area contributed by atoms with Crippen molar-refractivity contribution < 1.29 is 9.13 Å². The first-order valence-electron chi connectivity index (χ1n) is 5.35. The van der Waals surface area contributed by atoms with Crippen molar-refractivity contribution in [1.29, 1.82) is 0 Å². The van der Waals surface area contributed by atoms with Crippen LogP contribution in [0.1, 0.15) is 24.1 Å². The zero-order valence-electron chi connectivity index (χ0n) is 9.52. The third kappa shape index (κ3) is 3.05. The molecule has 4 heteroatoms. The van der Waals surface area contributed by atoms with Gasteiger partial charge in [-0.3, -0.25) is 0 Å². The van der Waals surface area contributed by atoms with Gasteiger partial charge in [0.1, 0.15) is 18.2 Å². The van der Waals surface area contributed by atoms with E-state index in [0.717, 1.165) is 11.1 Å². The van der Waals surface area contributed by atoms with Crippen LogP contribution < -0.4 is 10.5 Å². The number of nitrogens with two attached hydrogens (primary N) is 1. The van der Waals surface area contributed by atoms with Crippen molar-refractivity contribution in [2.75, 3.05) is 0 Å². The van der Waals surface area contributed by atoms with Gasteiger partial charge >= 0.3 is 0 Å². The molecule has 0 radical (unpaired) electrons. The molecule has 90 valence electrons. The van der Waals surface area contributed by atoms with Crippen LogP contribution in [-0.2, 0) is 6.61 Å². The van der Waals surface area contributed by atoms with Crippen LogP contribution >= 0.6 is 11.3 Å². The first-order chi connectivity index (χ1) is 8.16. The molecule has 0 saturated carbocycles. The second-order valence-corrected chi connectivity index (χ2v) is 4.67. The van der Waals surface area contributed by atoms with Crippen LogP contribution in [-0.4, -0.2) is 0 Å². The van der Waals surface area contributed by atoms with Gasteiger partial charge in [-0.2, -0.15) is 11.3 Å². The van der Waals surface area contributed by atoms with Gasteiger partial charge in [-0.15, -0.1) is 0 Å². The zero-order valence-corrected chi connectivity index (χ0v) is 10.3. The highest BCUT2D eigenvalue weighted by atomic mass is 32.1. The first-order valence-corrected chi connectivity index (χ1v) is 6.30. The summed E-state index contributed by atoms with van der Waals surface area (Å²) in [6.07, 6.45) is 0. The Balaban J connectivity index is 2.16. The molecule has 17 heavy (non-hydrogen) atoms. The average Bonchev–Trinajstić information content (AvgIpc) is 2.78. The summed E-state index contributed by atoms with van der Waals surface area (Å²) >= 11 is 1.61. The van der Waals surface area contributed by atoms with E-state index in [2.05, 4.69) is 0 Å². The molecule has 2 aromatic rings. The normalized spacial score (nSPS) is 12.4. The second kappa shape index (κ2) is 5.29. The Hall–Kier alpha value is -1.39. The third-order valence-electron chi connectivity index (χ3n) is 2.44. The summed E-state index contributed by atoms with van der Waals surface area (Å²) in [5.41, 5.74) is 7.71. The first kappa shape index (κ1) is 12.1. The predicted molar refractivity (Wildman–Crippen MR) is 67.7 cm³/mol. The van der Waals surface area contributed by atoms with E-state index in [4.69, 9.17) is 10.5 Å². The summed E-state index contributed by atoms with van der Waals surface area (Å²) < 4.78 is 18.8. The molecule has 2 N–H and O–H groups in total. The molecular weight excluding hydrogens is 237 g/mol. The second-order valence-electron chi connectivity index (χ2n) is 3.89. The smallest absolute Gasteiger partial charge is 0.127 e. The molecule has 2 rings (SSSR count). The molecule has 1 atom stereocenters. The highest BCUT2D eigenvalue weighted by molar-refractivity contribution is 7.07. The minimum absolute atomic E-state index is 0.173. The summed E-state index contributed by atoms with van der Waals surface area (Å²) in [7, 11) is 0. The molecule has 0 saturated heterocycles. The number of halogens is 1. The van der Waals surface area contributed by atoms with E-state index in [1.54, 1.807) is 17.4 Å². The largest absolute Gasteiger partial charge is 0.488 e. The number of benzene rings is 1. The molecule has 0 amide bonds. The van der Waals surface area contributed by atoms with Gasteiger partial charge in [-0.1, -0.05) is 6.07 Å². The maximum absolute atomic E-state index is 13.2. The molecule has 0 aliphatic rings. The quantitative estimate of drug-likeness (QED) is 0.902. The molecule has 1 unspecified atom stereocenters. The van der Waals surface area contributed by atoms with E-state index in [0.29, 0.717) is 12.4 Å². The van der Waals surface area contributed by atoms with E-state index in [1.807, 2.05) is 23.8 Å². The van der Waals surface area contributed by atoms with Crippen molar-refractivity contribution in [3.8, 4) is 5.75 Å². The van der Waals surface area contributed by atoms with Crippen LogP contribution in [0.2, 0.25) is 0 Å². The van der Waals surface area contributed by atoms with E-state index in [-0.39, 0.29) is 11.9 Å². The van der Waals surface area contributed by atoms with E-state index < -0.39 is 0 Å². The highest BCUT2D eigenvalue weighted by Crippen LogP contribution is 2.25. The number of thiophene rings is 1. The Morgan fingerprint density at radius 1 is 1.41 bits per heavy atom. The van der Waals surface area contributed by atoms with Crippen LogP contribution in [0, 0.1) is 5.82 Å². The standard InChI is InChI=1S/C13H14FNOS/c1-9(15)12-3-2-11(14)6-13(12)16-7-10-4-5-17-8-10/h2-6,8-9H,7,15H2,1H3. The van der Waals surface area contributed by atoms with Crippen molar-refractivity contribution in [2.45, 2.75) is 19.6 Å². The number of rotatable bonds is 4. The monoisotopic (exact) mass is 251 g/mol. The average molecular weight is 251 g/mol. The Bertz CT molecular complexity index is 482. The summed E-state index contributed by atoms with van der Waals surface area (Å²) in [5, 5.41) is 3.99. The molecule has 0 aliphatic heterocycles. The van der Waals surface area contributed by atoms with Crippen LogP contribution in [0.15, 0.2) is 35.0 Å². The minimum atomic E-state index is -0.310. The van der Waals surface area contributed by atoms with Crippen molar-refractivity contribution in [3.05, 3.63) is 52.0 Å². The summed E-state index contributed by atoms with van der Waals surface area (Å²) in [6, 6.07) is 6.26. The molecule has 1 aromatic carbocycles. The van der Waals surface area contributed by atoms with E-state index in [1.165, 1.54) is 12.1 Å². The topological polar surface area (TPSA) is 35.2 Å². The molecule has 1 heterocycles. The SMILES string of the molecule is CC(N)c1ccc(F)cc1OCc1ccsc1. The summed E-state index contributed by atoms with van der Waals surface area (Å²) in [6.45, 7) is 2.29. The van der Waals surface area contributed by atoms with Crippen LogP contribution in [0.4, 0.5) is 4.39 Å². The van der Waals surface area contributed by atoms with Gasteiger partial charge < -0.3 is 10.5 Å². The lowest BCUT2D eigenvalue weighted by Crippen LogP contribution is -2.08. The van der Waals surface area contributed by atoms with Gasteiger partial charge in [-0.05, 0) is 35.4 Å². The molecule has 0 fully saturated rings. The number of hydrogen-bond donors (Lipinski definition) is 1. The van der Waals surface area contributed by atoms with Crippen LogP contribution in [0.5, 0.6) is 5.75 Å². The Kier molecular flexibility index (Phi) is 3.76. The lowest BCUT2D eigenvalue weighted by Gasteiger charge is -2.13. The Morgan fingerprint density at radius 3 is 2.88 bits per heavy atom. The van der Waals surface area contributed by atoms with Crippen LogP contribution in [0.25, 0.3) is 0 Å². The van der Waals surface area contributed by atoms with Crippen molar-refractivity contribution >= 4 is 11.3 Å². The lowest BCUT2D eigenvalue weighted by atomic mass is 10.1. The van der Waals surface area contributed by atoms with Gasteiger partial charge in [0.05, 0.1) is 0 Å². The van der Waals surface area contributed by atoms with Crippen molar-refractivity contribution in [3.63, 3.8) is 0 Å². The van der Waals surface area contributed by atoms with Gasteiger partial charge in [0.25, 0.3) is 0 Å². The fourth-order valence-electron chi connectivity index (χ4n) is 1.55. The lowest BCUT2D eigenvalue weighted by molar-refractivity contribution is 0.300.